The Morgan fingerprint density at radius 2 is 2.21 bits per heavy atom. The molecule has 1 fully saturated rings. The Bertz CT molecular complexity index is 163. The van der Waals surface area contributed by atoms with Crippen LogP contribution in [0.1, 0.15) is 13.3 Å². The SMILES string of the molecule is CCCOCO[Si](C)(CC1CO1)OC. The zero-order chi connectivity index (χ0) is 10.4. The predicted octanol–water partition coefficient (Wildman–Crippen LogP) is 1.50. The van der Waals surface area contributed by atoms with E-state index < -0.39 is 8.56 Å². The van der Waals surface area contributed by atoms with E-state index in [2.05, 4.69) is 6.92 Å². The molecule has 0 aromatic heterocycles. The first-order valence-electron chi connectivity index (χ1n) is 5.08. The van der Waals surface area contributed by atoms with Crippen molar-refractivity contribution in [2.45, 2.75) is 32.0 Å². The van der Waals surface area contributed by atoms with Gasteiger partial charge in [0.25, 0.3) is 0 Å². The predicted molar refractivity (Wildman–Crippen MR) is 55.4 cm³/mol. The minimum Gasteiger partial charge on any atom is -0.398 e. The summed E-state index contributed by atoms with van der Waals surface area (Å²) in [6, 6.07) is 0.902. The highest BCUT2D eigenvalue weighted by Crippen LogP contribution is 2.24. The number of rotatable bonds is 8. The Morgan fingerprint density at radius 3 is 2.71 bits per heavy atom. The van der Waals surface area contributed by atoms with Crippen LogP contribution in [0.5, 0.6) is 0 Å². The molecule has 14 heavy (non-hydrogen) atoms. The Hall–Kier alpha value is 0.0569. The molecule has 4 nitrogen and oxygen atoms in total. The second kappa shape index (κ2) is 5.82. The van der Waals surface area contributed by atoms with Crippen molar-refractivity contribution in [3.8, 4) is 0 Å². The normalized spacial score (nSPS) is 24.6. The van der Waals surface area contributed by atoms with Gasteiger partial charge < -0.3 is 18.3 Å². The fourth-order valence-corrected chi connectivity index (χ4v) is 2.97. The molecule has 0 radical (unpaired) electrons. The summed E-state index contributed by atoms with van der Waals surface area (Å²) < 4.78 is 21.5. The van der Waals surface area contributed by atoms with Gasteiger partial charge in [-0.2, -0.15) is 0 Å². The maximum Gasteiger partial charge on any atom is 0.339 e. The van der Waals surface area contributed by atoms with Crippen LogP contribution in [0, 0.1) is 0 Å². The zero-order valence-electron chi connectivity index (χ0n) is 9.25. The molecule has 1 aliphatic heterocycles. The van der Waals surface area contributed by atoms with E-state index in [4.69, 9.17) is 18.3 Å². The molecule has 1 saturated heterocycles. The van der Waals surface area contributed by atoms with Gasteiger partial charge in [-0.3, -0.25) is 0 Å². The molecule has 2 atom stereocenters. The molecule has 0 aromatic rings. The molecule has 2 unspecified atom stereocenters. The molecule has 84 valence electrons. The molecule has 0 bridgehead atoms. The maximum absolute atomic E-state index is 5.65. The fraction of sp³-hybridized carbons (Fsp3) is 1.00. The second-order valence-corrected chi connectivity index (χ2v) is 7.04. The molecule has 0 aromatic carbocycles. The average Bonchev–Trinajstić information content (AvgIpc) is 2.96. The van der Waals surface area contributed by atoms with Crippen LogP contribution in [0.3, 0.4) is 0 Å². The lowest BCUT2D eigenvalue weighted by Gasteiger charge is -2.24. The van der Waals surface area contributed by atoms with Gasteiger partial charge in [0.05, 0.1) is 12.7 Å². The van der Waals surface area contributed by atoms with Crippen LogP contribution in [0.2, 0.25) is 12.6 Å². The van der Waals surface area contributed by atoms with Gasteiger partial charge in [0.1, 0.15) is 6.79 Å². The van der Waals surface area contributed by atoms with Crippen LogP contribution in [0.4, 0.5) is 0 Å². The summed E-state index contributed by atoms with van der Waals surface area (Å²) >= 11 is 0. The lowest BCUT2D eigenvalue weighted by Crippen LogP contribution is -2.39. The van der Waals surface area contributed by atoms with Crippen LogP contribution in [-0.2, 0) is 18.3 Å². The maximum atomic E-state index is 5.65. The molecule has 1 aliphatic rings. The lowest BCUT2D eigenvalue weighted by atomic mass is 10.5. The molecular weight excluding hydrogens is 200 g/mol. The summed E-state index contributed by atoms with van der Waals surface area (Å²) in [5, 5.41) is 0. The van der Waals surface area contributed by atoms with Crippen LogP contribution in [0.15, 0.2) is 0 Å². The largest absolute Gasteiger partial charge is 0.398 e. The summed E-state index contributed by atoms with van der Waals surface area (Å²) in [4.78, 5) is 0. The monoisotopic (exact) mass is 220 g/mol. The third-order valence-corrected chi connectivity index (χ3v) is 5.02. The third-order valence-electron chi connectivity index (χ3n) is 2.23. The van der Waals surface area contributed by atoms with Crippen LogP contribution in [0.25, 0.3) is 0 Å². The highest BCUT2D eigenvalue weighted by atomic mass is 28.4. The van der Waals surface area contributed by atoms with Crippen molar-refractivity contribution in [2.75, 3.05) is 27.1 Å². The first-order chi connectivity index (χ1) is 6.70. The van der Waals surface area contributed by atoms with E-state index >= 15 is 0 Å². The quantitative estimate of drug-likeness (QED) is 0.269. The first kappa shape index (κ1) is 12.1. The summed E-state index contributed by atoms with van der Waals surface area (Å²) in [5.74, 6) is 0. The van der Waals surface area contributed by atoms with E-state index in [1.165, 1.54) is 0 Å². The molecule has 0 N–H and O–H groups in total. The fourth-order valence-electron chi connectivity index (χ4n) is 1.17. The van der Waals surface area contributed by atoms with Crippen molar-refractivity contribution < 1.29 is 18.3 Å². The number of hydrogen-bond donors (Lipinski definition) is 0. The molecule has 0 spiro atoms. The van der Waals surface area contributed by atoms with Crippen molar-refractivity contribution in [3.63, 3.8) is 0 Å². The van der Waals surface area contributed by atoms with Gasteiger partial charge in [0.2, 0.25) is 0 Å². The summed E-state index contributed by atoms with van der Waals surface area (Å²) in [6.45, 7) is 6.06. The van der Waals surface area contributed by atoms with Crippen molar-refractivity contribution in [1.82, 2.24) is 0 Å². The molecular formula is C9H20O4Si. The topological polar surface area (TPSA) is 40.2 Å². The summed E-state index contributed by atoms with van der Waals surface area (Å²) in [6.07, 6.45) is 1.37. The van der Waals surface area contributed by atoms with E-state index in [1.807, 2.05) is 6.55 Å². The van der Waals surface area contributed by atoms with Crippen molar-refractivity contribution in [1.29, 1.82) is 0 Å². The van der Waals surface area contributed by atoms with Gasteiger partial charge in [-0.05, 0) is 13.0 Å². The van der Waals surface area contributed by atoms with Crippen molar-refractivity contribution in [3.05, 3.63) is 0 Å². The van der Waals surface area contributed by atoms with Gasteiger partial charge in [0.15, 0.2) is 0 Å². The zero-order valence-corrected chi connectivity index (χ0v) is 10.2. The van der Waals surface area contributed by atoms with Gasteiger partial charge in [0, 0.05) is 19.8 Å². The van der Waals surface area contributed by atoms with Crippen LogP contribution >= 0.6 is 0 Å². The molecule has 0 saturated carbocycles. The number of hydrogen-bond acceptors (Lipinski definition) is 4. The number of ether oxygens (including phenoxy) is 2. The number of epoxide rings is 1. The second-order valence-electron chi connectivity index (χ2n) is 3.67. The first-order valence-corrected chi connectivity index (χ1v) is 7.61. The standard InChI is InChI=1S/C9H20O4Si/c1-4-5-11-8-13-14(3,10-2)7-9-6-12-9/h9H,4-8H2,1-3H3. The molecule has 1 rings (SSSR count). The van der Waals surface area contributed by atoms with Gasteiger partial charge in [-0.1, -0.05) is 6.92 Å². The summed E-state index contributed by atoms with van der Waals surface area (Å²) in [5.41, 5.74) is 0. The highest BCUT2D eigenvalue weighted by molar-refractivity contribution is 6.66. The van der Waals surface area contributed by atoms with Crippen molar-refractivity contribution >= 4 is 8.56 Å². The van der Waals surface area contributed by atoms with Crippen LogP contribution < -0.4 is 0 Å². The van der Waals surface area contributed by atoms with E-state index in [1.54, 1.807) is 7.11 Å². The summed E-state index contributed by atoms with van der Waals surface area (Å²) in [7, 11) is -0.321. The van der Waals surface area contributed by atoms with Crippen LogP contribution in [-0.4, -0.2) is 41.8 Å². The third kappa shape index (κ3) is 4.52. The smallest absolute Gasteiger partial charge is 0.339 e. The van der Waals surface area contributed by atoms with E-state index in [9.17, 15) is 0 Å². The minimum absolute atomic E-state index is 0.344. The minimum atomic E-state index is -2.02. The van der Waals surface area contributed by atoms with E-state index in [0.717, 1.165) is 25.7 Å². The molecule has 5 heteroatoms. The molecule has 1 heterocycles. The Labute approximate surface area is 86.7 Å². The van der Waals surface area contributed by atoms with Gasteiger partial charge >= 0.3 is 8.56 Å². The highest BCUT2D eigenvalue weighted by Gasteiger charge is 2.39. The Kier molecular flexibility index (Phi) is 5.04. The van der Waals surface area contributed by atoms with E-state index in [-0.39, 0.29) is 0 Å². The lowest BCUT2D eigenvalue weighted by molar-refractivity contribution is -0.00613. The Balaban J connectivity index is 2.14. The van der Waals surface area contributed by atoms with Gasteiger partial charge in [-0.15, -0.1) is 0 Å². The molecule has 0 amide bonds. The van der Waals surface area contributed by atoms with Crippen molar-refractivity contribution in [2.24, 2.45) is 0 Å². The Morgan fingerprint density at radius 1 is 1.50 bits per heavy atom. The molecule has 0 aliphatic carbocycles. The van der Waals surface area contributed by atoms with E-state index in [0.29, 0.717) is 12.9 Å². The van der Waals surface area contributed by atoms with Gasteiger partial charge in [-0.25, -0.2) is 0 Å². The average molecular weight is 220 g/mol.